The summed E-state index contributed by atoms with van der Waals surface area (Å²) in [7, 11) is 0. The topological polar surface area (TPSA) is 17.1 Å². The first-order valence-electron chi connectivity index (χ1n) is 8.93. The Bertz CT molecular complexity index is 567. The van der Waals surface area contributed by atoms with Crippen LogP contribution in [0.15, 0.2) is 30.4 Å². The van der Waals surface area contributed by atoms with E-state index < -0.39 is 0 Å². The first kappa shape index (κ1) is 19.4. The highest BCUT2D eigenvalue weighted by Crippen LogP contribution is 2.33. The van der Waals surface area contributed by atoms with Gasteiger partial charge in [-0.3, -0.25) is 4.79 Å². The van der Waals surface area contributed by atoms with E-state index in [-0.39, 0.29) is 5.78 Å². The Morgan fingerprint density at radius 2 is 1.52 bits per heavy atom. The second-order valence-electron chi connectivity index (χ2n) is 6.51. The molecule has 0 N–H and O–H groups in total. The van der Waals surface area contributed by atoms with E-state index in [0.29, 0.717) is 0 Å². The molecule has 0 heterocycles. The Kier molecular flexibility index (Phi) is 8.02. The lowest BCUT2D eigenvalue weighted by Gasteiger charge is -2.19. The summed E-state index contributed by atoms with van der Waals surface area (Å²) >= 11 is 0. The van der Waals surface area contributed by atoms with Gasteiger partial charge in [0.1, 0.15) is 0 Å². The number of aryl methyl sites for hydroxylation is 3. The lowest BCUT2D eigenvalue weighted by molar-refractivity contribution is -0.111. The van der Waals surface area contributed by atoms with Crippen LogP contribution in [-0.4, -0.2) is 5.78 Å². The Hall–Kier alpha value is -1.63. The van der Waals surface area contributed by atoms with Crippen molar-refractivity contribution in [2.45, 2.75) is 73.1 Å². The molecule has 126 valence electrons. The van der Waals surface area contributed by atoms with E-state index in [2.05, 4.69) is 53.3 Å². The largest absolute Gasteiger partial charge is 0.290 e. The van der Waals surface area contributed by atoms with Gasteiger partial charge in [-0.2, -0.15) is 0 Å². The predicted octanol–water partition coefficient (Wildman–Crippen LogP) is 6.50. The molecular weight excluding hydrogens is 280 g/mol. The molecule has 0 aliphatic heterocycles. The standard InChI is InChI=1S/C22H32O/c1-7-10-12-19(21(23)9-3)20(13-11-8-2)22-17(5)14-16(4)15-18(22)6/h9,14-15H,3,7-8,10-13H2,1-2,4-6H3/b20-19-. The van der Waals surface area contributed by atoms with E-state index in [9.17, 15) is 4.79 Å². The molecule has 1 rings (SSSR count). The van der Waals surface area contributed by atoms with Crippen LogP contribution >= 0.6 is 0 Å². The van der Waals surface area contributed by atoms with Crippen LogP contribution in [0.25, 0.3) is 5.57 Å². The average molecular weight is 312 g/mol. The monoisotopic (exact) mass is 312 g/mol. The molecule has 0 saturated heterocycles. The van der Waals surface area contributed by atoms with E-state index in [1.807, 2.05) is 0 Å². The van der Waals surface area contributed by atoms with Gasteiger partial charge in [0.25, 0.3) is 0 Å². The van der Waals surface area contributed by atoms with Gasteiger partial charge in [0.2, 0.25) is 0 Å². The molecule has 0 radical (unpaired) electrons. The molecular formula is C22H32O. The molecule has 0 spiro atoms. The third-order valence-corrected chi connectivity index (χ3v) is 4.39. The maximum Gasteiger partial charge on any atom is 0.181 e. The normalized spacial score (nSPS) is 12.0. The summed E-state index contributed by atoms with van der Waals surface area (Å²) in [6, 6.07) is 4.45. The summed E-state index contributed by atoms with van der Waals surface area (Å²) < 4.78 is 0. The average Bonchev–Trinajstić information content (AvgIpc) is 2.50. The van der Waals surface area contributed by atoms with E-state index >= 15 is 0 Å². The zero-order valence-corrected chi connectivity index (χ0v) is 15.6. The quantitative estimate of drug-likeness (QED) is 0.475. The van der Waals surface area contributed by atoms with E-state index in [1.54, 1.807) is 0 Å². The van der Waals surface area contributed by atoms with Gasteiger partial charge in [-0.15, -0.1) is 0 Å². The fraction of sp³-hybridized carbons (Fsp3) is 0.500. The molecule has 23 heavy (non-hydrogen) atoms. The smallest absolute Gasteiger partial charge is 0.181 e. The maximum absolute atomic E-state index is 12.5. The van der Waals surface area contributed by atoms with Crippen molar-refractivity contribution in [3.05, 3.63) is 52.6 Å². The Balaban J connectivity index is 3.54. The van der Waals surface area contributed by atoms with Crippen molar-refractivity contribution < 1.29 is 4.79 Å². The molecule has 0 aliphatic carbocycles. The van der Waals surface area contributed by atoms with Crippen LogP contribution in [0.1, 0.15) is 74.6 Å². The SMILES string of the molecule is C=CC(=O)/C(CCCC)=C(/CCCC)c1c(C)cc(C)cc1C. The molecule has 1 aromatic rings. The van der Waals surface area contributed by atoms with Gasteiger partial charge in [-0.25, -0.2) is 0 Å². The number of benzene rings is 1. The molecule has 1 aromatic carbocycles. The molecule has 0 fully saturated rings. The Morgan fingerprint density at radius 3 is 2.00 bits per heavy atom. The van der Waals surface area contributed by atoms with Gasteiger partial charge in [-0.1, -0.05) is 51.0 Å². The molecule has 1 heteroatoms. The number of allylic oxidation sites excluding steroid dienone is 3. The van der Waals surface area contributed by atoms with Crippen molar-refractivity contribution in [1.82, 2.24) is 0 Å². The zero-order chi connectivity index (χ0) is 17.4. The molecule has 0 unspecified atom stereocenters. The summed E-state index contributed by atoms with van der Waals surface area (Å²) in [5.41, 5.74) is 7.35. The second-order valence-corrected chi connectivity index (χ2v) is 6.51. The van der Waals surface area contributed by atoms with Crippen molar-refractivity contribution in [2.24, 2.45) is 0 Å². The number of ketones is 1. The fourth-order valence-electron chi connectivity index (χ4n) is 3.34. The zero-order valence-electron chi connectivity index (χ0n) is 15.6. The number of rotatable bonds is 9. The summed E-state index contributed by atoms with van der Waals surface area (Å²) in [6.45, 7) is 14.6. The van der Waals surface area contributed by atoms with Gasteiger partial charge in [0.15, 0.2) is 5.78 Å². The highest BCUT2D eigenvalue weighted by atomic mass is 16.1. The lowest BCUT2D eigenvalue weighted by Crippen LogP contribution is -2.06. The molecule has 1 nitrogen and oxygen atoms in total. The van der Waals surface area contributed by atoms with E-state index in [4.69, 9.17) is 0 Å². The molecule has 0 amide bonds. The van der Waals surface area contributed by atoms with Gasteiger partial charge < -0.3 is 0 Å². The van der Waals surface area contributed by atoms with Crippen molar-refractivity contribution >= 4 is 11.4 Å². The highest BCUT2D eigenvalue weighted by Gasteiger charge is 2.17. The van der Waals surface area contributed by atoms with E-state index in [1.165, 1.54) is 33.9 Å². The highest BCUT2D eigenvalue weighted by molar-refractivity contribution is 6.09. The molecule has 0 atom stereocenters. The number of hydrogen-bond donors (Lipinski definition) is 0. The number of carbonyl (C=O) groups is 1. The number of unbranched alkanes of at least 4 members (excludes halogenated alkanes) is 2. The van der Waals surface area contributed by atoms with Crippen LogP contribution in [0.5, 0.6) is 0 Å². The minimum Gasteiger partial charge on any atom is -0.290 e. The van der Waals surface area contributed by atoms with Crippen molar-refractivity contribution in [1.29, 1.82) is 0 Å². The van der Waals surface area contributed by atoms with Gasteiger partial charge >= 0.3 is 0 Å². The molecule has 0 aromatic heterocycles. The number of carbonyl (C=O) groups excluding carboxylic acids is 1. The van der Waals surface area contributed by atoms with Crippen LogP contribution in [0, 0.1) is 20.8 Å². The van der Waals surface area contributed by atoms with Crippen LogP contribution in [0.3, 0.4) is 0 Å². The molecule has 0 aliphatic rings. The minimum atomic E-state index is 0.101. The molecule has 0 saturated carbocycles. The minimum absolute atomic E-state index is 0.101. The lowest BCUT2D eigenvalue weighted by atomic mass is 9.85. The van der Waals surface area contributed by atoms with Crippen LogP contribution in [0.4, 0.5) is 0 Å². The second kappa shape index (κ2) is 9.50. The van der Waals surface area contributed by atoms with Crippen molar-refractivity contribution in [3.8, 4) is 0 Å². The fourth-order valence-corrected chi connectivity index (χ4v) is 3.34. The van der Waals surface area contributed by atoms with E-state index in [0.717, 1.165) is 44.1 Å². The Morgan fingerprint density at radius 1 is 1.00 bits per heavy atom. The van der Waals surface area contributed by atoms with Gasteiger partial charge in [0, 0.05) is 5.57 Å². The number of hydrogen-bond acceptors (Lipinski definition) is 1. The van der Waals surface area contributed by atoms with Gasteiger partial charge in [-0.05, 0) is 74.8 Å². The predicted molar refractivity (Wildman–Crippen MR) is 102 cm³/mol. The van der Waals surface area contributed by atoms with Crippen LogP contribution in [0.2, 0.25) is 0 Å². The third-order valence-electron chi connectivity index (χ3n) is 4.39. The molecule has 0 bridgehead atoms. The first-order chi connectivity index (χ1) is 11.0. The maximum atomic E-state index is 12.5. The summed E-state index contributed by atoms with van der Waals surface area (Å²) in [4.78, 5) is 12.5. The van der Waals surface area contributed by atoms with Crippen LogP contribution < -0.4 is 0 Å². The van der Waals surface area contributed by atoms with Gasteiger partial charge in [0.05, 0.1) is 0 Å². The summed E-state index contributed by atoms with van der Waals surface area (Å²) in [5.74, 6) is 0.101. The summed E-state index contributed by atoms with van der Waals surface area (Å²) in [6.07, 6.45) is 7.71. The van der Waals surface area contributed by atoms with Crippen molar-refractivity contribution in [3.63, 3.8) is 0 Å². The third kappa shape index (κ3) is 5.20. The summed E-state index contributed by atoms with van der Waals surface area (Å²) in [5, 5.41) is 0. The van der Waals surface area contributed by atoms with Crippen LogP contribution in [-0.2, 0) is 4.79 Å². The Labute approximate surface area is 142 Å². The van der Waals surface area contributed by atoms with Crippen molar-refractivity contribution in [2.75, 3.05) is 0 Å². The first-order valence-corrected chi connectivity index (χ1v) is 8.93.